The standard InChI is InChI=1S/C15H23Br/c1-5-6-14(16)7-8-15-12(3)9-11(2)10-13(15)4/h9-10,14H,5-8H2,1-4H3. The van der Waals surface area contributed by atoms with E-state index in [0.717, 1.165) is 0 Å². The van der Waals surface area contributed by atoms with E-state index in [4.69, 9.17) is 0 Å². The maximum absolute atomic E-state index is 3.76. The summed E-state index contributed by atoms with van der Waals surface area (Å²) in [4.78, 5) is 0.678. The topological polar surface area (TPSA) is 0 Å². The third-order valence-electron chi connectivity index (χ3n) is 3.15. The van der Waals surface area contributed by atoms with E-state index in [0.29, 0.717) is 4.83 Å². The van der Waals surface area contributed by atoms with Crippen LogP contribution in [0.25, 0.3) is 0 Å². The maximum atomic E-state index is 3.76. The Balaban J connectivity index is 2.67. The summed E-state index contributed by atoms with van der Waals surface area (Å²) >= 11 is 3.76. The molecule has 0 radical (unpaired) electrons. The molecule has 0 saturated heterocycles. The van der Waals surface area contributed by atoms with Gasteiger partial charge in [0.2, 0.25) is 0 Å². The zero-order valence-corrected chi connectivity index (χ0v) is 12.5. The highest BCUT2D eigenvalue weighted by molar-refractivity contribution is 9.09. The number of aryl methyl sites for hydroxylation is 3. The first-order chi connectivity index (χ1) is 7.54. The minimum atomic E-state index is 0.678. The van der Waals surface area contributed by atoms with E-state index in [1.807, 2.05) is 0 Å². The third kappa shape index (κ3) is 3.93. The number of halogens is 1. The monoisotopic (exact) mass is 282 g/mol. The van der Waals surface area contributed by atoms with Gasteiger partial charge in [0.15, 0.2) is 0 Å². The first-order valence-corrected chi connectivity index (χ1v) is 7.17. The van der Waals surface area contributed by atoms with Crippen molar-refractivity contribution in [2.24, 2.45) is 0 Å². The van der Waals surface area contributed by atoms with Crippen LogP contribution in [-0.4, -0.2) is 4.83 Å². The van der Waals surface area contributed by atoms with Gasteiger partial charge in [-0.1, -0.05) is 47.0 Å². The van der Waals surface area contributed by atoms with Gasteiger partial charge >= 0.3 is 0 Å². The van der Waals surface area contributed by atoms with E-state index >= 15 is 0 Å². The molecule has 0 aromatic heterocycles. The highest BCUT2D eigenvalue weighted by atomic mass is 79.9. The summed E-state index contributed by atoms with van der Waals surface area (Å²) in [7, 11) is 0. The quantitative estimate of drug-likeness (QED) is 0.659. The number of hydrogen-bond donors (Lipinski definition) is 0. The Morgan fingerprint density at radius 2 is 1.62 bits per heavy atom. The second kappa shape index (κ2) is 6.44. The van der Waals surface area contributed by atoms with Gasteiger partial charge in [-0.3, -0.25) is 0 Å². The van der Waals surface area contributed by atoms with Crippen LogP contribution in [0.3, 0.4) is 0 Å². The first kappa shape index (κ1) is 13.8. The van der Waals surface area contributed by atoms with Crippen molar-refractivity contribution in [2.45, 2.75) is 58.2 Å². The molecule has 1 rings (SSSR count). The fraction of sp³-hybridized carbons (Fsp3) is 0.600. The minimum absolute atomic E-state index is 0.678. The predicted molar refractivity (Wildman–Crippen MR) is 76.6 cm³/mol. The van der Waals surface area contributed by atoms with Crippen LogP contribution in [-0.2, 0) is 6.42 Å². The smallest absolute Gasteiger partial charge is 0.0148 e. The van der Waals surface area contributed by atoms with Crippen LogP contribution in [0.1, 0.15) is 48.4 Å². The average Bonchev–Trinajstić information content (AvgIpc) is 2.16. The van der Waals surface area contributed by atoms with Crippen molar-refractivity contribution in [3.05, 3.63) is 34.4 Å². The third-order valence-corrected chi connectivity index (χ3v) is 4.07. The van der Waals surface area contributed by atoms with E-state index in [1.54, 1.807) is 5.56 Å². The Hall–Kier alpha value is -0.300. The summed E-state index contributed by atoms with van der Waals surface area (Å²) < 4.78 is 0. The molecule has 0 nitrogen and oxygen atoms in total. The van der Waals surface area contributed by atoms with Gasteiger partial charge < -0.3 is 0 Å². The Morgan fingerprint density at radius 3 is 2.12 bits per heavy atom. The van der Waals surface area contributed by atoms with Crippen LogP contribution in [0, 0.1) is 20.8 Å². The summed E-state index contributed by atoms with van der Waals surface area (Å²) in [5.41, 5.74) is 5.83. The molecule has 0 spiro atoms. The van der Waals surface area contributed by atoms with Crippen molar-refractivity contribution >= 4 is 15.9 Å². The summed E-state index contributed by atoms with van der Waals surface area (Å²) in [6.07, 6.45) is 5.00. The summed E-state index contributed by atoms with van der Waals surface area (Å²) in [5, 5.41) is 0. The molecule has 0 aliphatic rings. The van der Waals surface area contributed by atoms with Crippen LogP contribution in [0.2, 0.25) is 0 Å². The zero-order chi connectivity index (χ0) is 12.1. The van der Waals surface area contributed by atoms with Crippen molar-refractivity contribution < 1.29 is 0 Å². The molecule has 16 heavy (non-hydrogen) atoms. The molecule has 0 N–H and O–H groups in total. The lowest BCUT2D eigenvalue weighted by atomic mass is 9.95. The molecular formula is C15H23Br. The highest BCUT2D eigenvalue weighted by Crippen LogP contribution is 2.21. The number of rotatable bonds is 5. The Kier molecular flexibility index (Phi) is 5.54. The molecule has 0 heterocycles. The normalized spacial score (nSPS) is 12.8. The predicted octanol–water partition coefficient (Wildman–Crippen LogP) is 5.11. The molecule has 1 aromatic rings. The molecular weight excluding hydrogens is 260 g/mol. The second-order valence-electron chi connectivity index (χ2n) is 4.80. The molecule has 1 aromatic carbocycles. The largest absolute Gasteiger partial charge is 0.0891 e. The minimum Gasteiger partial charge on any atom is -0.0891 e. The van der Waals surface area contributed by atoms with E-state index in [1.165, 1.54) is 42.4 Å². The van der Waals surface area contributed by atoms with Crippen LogP contribution < -0.4 is 0 Å². The summed E-state index contributed by atoms with van der Waals surface area (Å²) in [6.45, 7) is 8.89. The van der Waals surface area contributed by atoms with Gasteiger partial charge in [-0.15, -0.1) is 0 Å². The Morgan fingerprint density at radius 1 is 1.06 bits per heavy atom. The molecule has 0 aliphatic carbocycles. The van der Waals surface area contributed by atoms with Crippen molar-refractivity contribution in [1.29, 1.82) is 0 Å². The van der Waals surface area contributed by atoms with E-state index in [9.17, 15) is 0 Å². The van der Waals surface area contributed by atoms with Crippen molar-refractivity contribution in [2.75, 3.05) is 0 Å². The molecule has 0 saturated carbocycles. The van der Waals surface area contributed by atoms with Crippen molar-refractivity contribution in [1.82, 2.24) is 0 Å². The van der Waals surface area contributed by atoms with Crippen LogP contribution in [0.5, 0.6) is 0 Å². The Labute approximate surface area is 109 Å². The van der Waals surface area contributed by atoms with Gasteiger partial charge in [0.05, 0.1) is 0 Å². The lowest BCUT2D eigenvalue weighted by Crippen LogP contribution is -2.02. The number of benzene rings is 1. The molecule has 0 aliphatic heterocycles. The van der Waals surface area contributed by atoms with E-state index in [2.05, 4.69) is 55.8 Å². The maximum Gasteiger partial charge on any atom is 0.0148 e. The number of hydrogen-bond acceptors (Lipinski definition) is 0. The van der Waals surface area contributed by atoms with E-state index < -0.39 is 0 Å². The van der Waals surface area contributed by atoms with Crippen molar-refractivity contribution in [3.8, 4) is 0 Å². The SMILES string of the molecule is CCCC(Br)CCc1c(C)cc(C)cc1C. The summed E-state index contributed by atoms with van der Waals surface area (Å²) in [5.74, 6) is 0. The average molecular weight is 283 g/mol. The van der Waals surface area contributed by atoms with Gasteiger partial charge in [-0.25, -0.2) is 0 Å². The fourth-order valence-corrected chi connectivity index (χ4v) is 3.05. The Bertz CT molecular complexity index is 318. The molecule has 1 unspecified atom stereocenters. The van der Waals surface area contributed by atoms with Crippen LogP contribution >= 0.6 is 15.9 Å². The van der Waals surface area contributed by atoms with Gasteiger partial charge in [-0.2, -0.15) is 0 Å². The molecule has 0 bridgehead atoms. The molecule has 90 valence electrons. The second-order valence-corrected chi connectivity index (χ2v) is 6.10. The van der Waals surface area contributed by atoms with Gasteiger partial charge in [-0.05, 0) is 56.7 Å². The van der Waals surface area contributed by atoms with Crippen molar-refractivity contribution in [3.63, 3.8) is 0 Å². The molecule has 1 atom stereocenters. The van der Waals surface area contributed by atoms with E-state index in [-0.39, 0.29) is 0 Å². The first-order valence-electron chi connectivity index (χ1n) is 6.25. The zero-order valence-electron chi connectivity index (χ0n) is 10.9. The molecule has 1 heteroatoms. The van der Waals surface area contributed by atoms with Gasteiger partial charge in [0.1, 0.15) is 0 Å². The lowest BCUT2D eigenvalue weighted by molar-refractivity contribution is 0.690. The van der Waals surface area contributed by atoms with Gasteiger partial charge in [0.25, 0.3) is 0 Å². The highest BCUT2D eigenvalue weighted by Gasteiger charge is 2.07. The fourth-order valence-electron chi connectivity index (χ4n) is 2.36. The molecule has 0 amide bonds. The molecule has 0 fully saturated rings. The number of alkyl halides is 1. The van der Waals surface area contributed by atoms with Crippen LogP contribution in [0.4, 0.5) is 0 Å². The van der Waals surface area contributed by atoms with Gasteiger partial charge in [0, 0.05) is 4.83 Å². The summed E-state index contributed by atoms with van der Waals surface area (Å²) in [6, 6.07) is 4.59. The van der Waals surface area contributed by atoms with Crippen LogP contribution in [0.15, 0.2) is 12.1 Å². The lowest BCUT2D eigenvalue weighted by Gasteiger charge is -2.13.